The van der Waals surface area contributed by atoms with Gasteiger partial charge in [0.2, 0.25) is 0 Å². The van der Waals surface area contributed by atoms with E-state index in [4.69, 9.17) is 18.9 Å². The first-order valence-corrected chi connectivity index (χ1v) is 16.3. The number of nitrogens with zero attached hydrogens (tertiary/aromatic N) is 1. The Morgan fingerprint density at radius 2 is 1.50 bits per heavy atom. The van der Waals surface area contributed by atoms with E-state index in [1.807, 2.05) is 49.3 Å². The molecule has 5 unspecified atom stereocenters. The molecule has 2 saturated carbocycles. The summed E-state index contributed by atoms with van der Waals surface area (Å²) >= 11 is 0. The second-order valence-electron chi connectivity index (χ2n) is 14.4. The van der Waals surface area contributed by atoms with Crippen molar-refractivity contribution >= 4 is 29.7 Å². The zero-order valence-electron chi connectivity index (χ0n) is 29.5. The fraction of sp³-hybridized carbons (Fsp3) is 0.595. The lowest BCUT2D eigenvalue weighted by atomic mass is 9.47. The Hall–Kier alpha value is -3.83. The molecule has 0 radical (unpaired) electrons. The third-order valence-electron chi connectivity index (χ3n) is 10.8. The Morgan fingerprint density at radius 3 is 2.04 bits per heavy atom. The second-order valence-corrected chi connectivity index (χ2v) is 14.4. The summed E-state index contributed by atoms with van der Waals surface area (Å²) < 4.78 is 24.0. The fourth-order valence-corrected chi connectivity index (χ4v) is 8.31. The molecule has 0 saturated heterocycles. The van der Waals surface area contributed by atoms with E-state index in [-0.39, 0.29) is 36.5 Å². The van der Waals surface area contributed by atoms with Gasteiger partial charge in [-0.1, -0.05) is 57.7 Å². The van der Waals surface area contributed by atoms with Gasteiger partial charge in [-0.05, 0) is 56.1 Å². The number of rotatable bonds is 8. The van der Waals surface area contributed by atoms with E-state index in [2.05, 4.69) is 6.58 Å². The van der Waals surface area contributed by atoms with Crippen molar-refractivity contribution in [3.05, 3.63) is 59.2 Å². The number of benzene rings is 1. The second kappa shape index (κ2) is 13.6. The van der Waals surface area contributed by atoms with E-state index < -0.39 is 82.8 Å². The summed E-state index contributed by atoms with van der Waals surface area (Å²) in [5.74, 6) is -3.98. The third kappa shape index (κ3) is 6.59. The maximum Gasteiger partial charge on any atom is 0.308 e. The molecule has 4 rings (SSSR count). The molecule has 0 aliphatic heterocycles. The molecule has 2 fully saturated rings. The molecule has 11 heteroatoms. The lowest BCUT2D eigenvalue weighted by Gasteiger charge is -2.62. The summed E-state index contributed by atoms with van der Waals surface area (Å²) in [4.78, 5) is 67.4. The Morgan fingerprint density at radius 1 is 0.938 bits per heavy atom. The molecular weight excluding hydrogens is 618 g/mol. The highest BCUT2D eigenvalue weighted by molar-refractivity contribution is 5.98. The molecule has 0 aromatic heterocycles. The normalized spacial score (nSPS) is 31.9. The van der Waals surface area contributed by atoms with Gasteiger partial charge in [0.05, 0.1) is 6.42 Å². The van der Waals surface area contributed by atoms with Crippen LogP contribution in [0.3, 0.4) is 0 Å². The summed E-state index contributed by atoms with van der Waals surface area (Å²) in [6.07, 6.45) is -4.57. The van der Waals surface area contributed by atoms with E-state index in [1.54, 1.807) is 27.7 Å². The van der Waals surface area contributed by atoms with Gasteiger partial charge in [0.25, 0.3) is 0 Å². The monoisotopic (exact) mass is 667 g/mol. The van der Waals surface area contributed by atoms with Gasteiger partial charge in [-0.25, -0.2) is 0 Å². The number of allylic oxidation sites excluding steroid dienone is 1. The first-order valence-electron chi connectivity index (χ1n) is 16.3. The Kier molecular flexibility index (Phi) is 10.5. The number of hydrogen-bond donors (Lipinski definition) is 1. The van der Waals surface area contributed by atoms with Crippen molar-refractivity contribution in [2.45, 2.75) is 110 Å². The van der Waals surface area contributed by atoms with Crippen molar-refractivity contribution in [2.24, 2.45) is 16.7 Å². The number of esters is 4. The van der Waals surface area contributed by atoms with Crippen LogP contribution in [0.2, 0.25) is 0 Å². The summed E-state index contributed by atoms with van der Waals surface area (Å²) in [6, 6.07) is 9.31. The van der Waals surface area contributed by atoms with E-state index in [0.29, 0.717) is 5.57 Å². The molecule has 262 valence electrons. The van der Waals surface area contributed by atoms with Crippen molar-refractivity contribution in [3.63, 3.8) is 0 Å². The van der Waals surface area contributed by atoms with Gasteiger partial charge in [-0.15, -0.1) is 0 Å². The number of hydrogen-bond acceptors (Lipinski definition) is 11. The maximum absolute atomic E-state index is 13.7. The first-order chi connectivity index (χ1) is 22.3. The highest BCUT2D eigenvalue weighted by Gasteiger charge is 2.69. The van der Waals surface area contributed by atoms with Crippen LogP contribution in [0.4, 0.5) is 0 Å². The van der Waals surface area contributed by atoms with Crippen molar-refractivity contribution < 1.29 is 48.0 Å². The smallest absolute Gasteiger partial charge is 0.308 e. The molecule has 0 amide bonds. The van der Waals surface area contributed by atoms with Crippen LogP contribution in [0.5, 0.6) is 0 Å². The number of fused-ring (bicyclic) bond motifs is 3. The Labute approximate surface area is 282 Å². The van der Waals surface area contributed by atoms with Crippen molar-refractivity contribution in [2.75, 3.05) is 14.1 Å². The highest BCUT2D eigenvalue weighted by atomic mass is 16.6. The average molecular weight is 668 g/mol. The van der Waals surface area contributed by atoms with Crippen LogP contribution >= 0.6 is 0 Å². The Bertz CT molecular complexity index is 1510. The van der Waals surface area contributed by atoms with E-state index in [9.17, 15) is 29.1 Å². The average Bonchev–Trinajstić information content (AvgIpc) is 2.97. The number of carbonyl (C=O) groups is 5. The van der Waals surface area contributed by atoms with Crippen molar-refractivity contribution in [1.82, 2.24) is 4.90 Å². The summed E-state index contributed by atoms with van der Waals surface area (Å²) in [6.45, 7) is 14.8. The lowest BCUT2D eigenvalue weighted by Crippen LogP contribution is -2.70. The van der Waals surface area contributed by atoms with Gasteiger partial charge in [-0.2, -0.15) is 0 Å². The van der Waals surface area contributed by atoms with Crippen LogP contribution in [0, 0.1) is 16.7 Å². The van der Waals surface area contributed by atoms with Crippen LogP contribution < -0.4 is 0 Å². The zero-order chi connectivity index (χ0) is 35.9. The number of ketones is 1. The molecule has 0 heterocycles. The van der Waals surface area contributed by atoms with E-state index >= 15 is 0 Å². The topological polar surface area (TPSA) is 146 Å². The summed E-state index contributed by atoms with van der Waals surface area (Å²) in [5, 5.41) is 12.8. The quantitative estimate of drug-likeness (QED) is 0.239. The minimum absolute atomic E-state index is 0.0413. The molecule has 3 aliphatic carbocycles. The molecule has 1 N–H and O–H groups in total. The standard InChI is InChI=1S/C37H49NO10/c1-20-27(42)19-37(44)33(46-23(4)40)31-21(2)28(48-29(43)18-26(38(9)10)25-14-12-11-13-15-25)16-17-36(31,8)34(47-24(5)41)32(45-22(3)39)30(20)35(37,6)7/h11-15,26,28,31-34,44H,2,16-19H2,1,3-10H3/t26?,28?,31?,32-,33?,34?,36-,37-/m1/s1. The largest absolute Gasteiger partial charge is 0.459 e. The lowest BCUT2D eigenvalue weighted by molar-refractivity contribution is -0.235. The van der Waals surface area contributed by atoms with E-state index in [1.165, 1.54) is 20.8 Å². The van der Waals surface area contributed by atoms with Crippen LogP contribution in [-0.2, 0) is 42.9 Å². The minimum atomic E-state index is -2.02. The SMILES string of the molecule is C=C1C(OC(=O)CC(c2ccccc2)N(C)C)CC[C@]2(C)C1C(OC(C)=O)[C@]1(O)CC(=O)C(C)=C([C@@H](OC(C)=O)C2OC(C)=O)C1(C)C. The summed E-state index contributed by atoms with van der Waals surface area (Å²) in [7, 11) is 3.75. The molecular formula is C37H49NO10. The summed E-state index contributed by atoms with van der Waals surface area (Å²) in [5.41, 5.74) is -2.72. The molecule has 3 aliphatic rings. The fourth-order valence-electron chi connectivity index (χ4n) is 8.31. The highest BCUT2D eigenvalue weighted by Crippen LogP contribution is 2.62. The third-order valence-corrected chi connectivity index (χ3v) is 10.8. The van der Waals surface area contributed by atoms with Crippen LogP contribution in [0.15, 0.2) is 53.6 Å². The zero-order valence-corrected chi connectivity index (χ0v) is 29.5. The molecule has 2 bridgehead atoms. The molecule has 1 aromatic carbocycles. The van der Waals surface area contributed by atoms with Crippen molar-refractivity contribution in [1.29, 1.82) is 0 Å². The molecule has 48 heavy (non-hydrogen) atoms. The molecule has 11 nitrogen and oxygen atoms in total. The molecule has 0 spiro atoms. The van der Waals surface area contributed by atoms with Crippen molar-refractivity contribution in [3.8, 4) is 0 Å². The number of carbonyl (C=O) groups excluding carboxylic acids is 5. The molecule has 1 aromatic rings. The maximum atomic E-state index is 13.7. The first kappa shape index (κ1) is 37.0. The van der Waals surface area contributed by atoms with Crippen LogP contribution in [-0.4, -0.2) is 83.8 Å². The van der Waals surface area contributed by atoms with Gasteiger partial charge < -0.3 is 29.0 Å². The number of Topliss-reactive ketones (excluding diaryl/α,β-unsaturated/α-hetero) is 1. The van der Waals surface area contributed by atoms with Gasteiger partial charge >= 0.3 is 23.9 Å². The minimum Gasteiger partial charge on any atom is -0.459 e. The van der Waals surface area contributed by atoms with Crippen LogP contribution in [0.1, 0.15) is 85.8 Å². The predicted octanol–water partition coefficient (Wildman–Crippen LogP) is 4.42. The number of aliphatic hydroxyl groups is 1. The van der Waals surface area contributed by atoms with Gasteiger partial charge in [0.1, 0.15) is 23.9 Å². The number of ether oxygens (including phenoxy) is 4. The molecule has 8 atom stereocenters. The predicted molar refractivity (Wildman–Crippen MR) is 175 cm³/mol. The van der Waals surface area contributed by atoms with Gasteiger partial charge in [-0.3, -0.25) is 24.0 Å². The van der Waals surface area contributed by atoms with E-state index in [0.717, 1.165) is 5.56 Å². The van der Waals surface area contributed by atoms with Gasteiger partial charge in [0.15, 0.2) is 11.9 Å². The van der Waals surface area contributed by atoms with Gasteiger partial charge in [0, 0.05) is 50.0 Å². The Balaban J connectivity index is 1.87. The van der Waals surface area contributed by atoms with Crippen LogP contribution in [0.25, 0.3) is 0 Å².